The normalized spacial score (nSPS) is 12.7. The second kappa shape index (κ2) is 5.81. The zero-order valence-corrected chi connectivity index (χ0v) is 11.5. The Hall–Kier alpha value is -1.24. The first-order chi connectivity index (χ1) is 8.62. The second-order valence-electron chi connectivity index (χ2n) is 4.68. The van der Waals surface area contributed by atoms with E-state index in [2.05, 4.69) is 13.8 Å². The van der Waals surface area contributed by atoms with Gasteiger partial charge in [0.15, 0.2) is 0 Å². The van der Waals surface area contributed by atoms with Gasteiger partial charge < -0.3 is 0 Å². The van der Waals surface area contributed by atoms with Crippen LogP contribution < -0.4 is 4.72 Å². The lowest BCUT2D eigenvalue weighted by molar-refractivity contribution is -0.0429. The molecule has 0 atom stereocenters. The minimum absolute atomic E-state index is 0.0920. The number of aryl methyl sites for hydroxylation is 1. The van der Waals surface area contributed by atoms with E-state index in [-0.39, 0.29) is 5.69 Å². The van der Waals surface area contributed by atoms with Gasteiger partial charge in [-0.05, 0) is 36.5 Å². The number of benzene rings is 1. The van der Waals surface area contributed by atoms with Crippen molar-refractivity contribution < 1.29 is 21.6 Å². The monoisotopic (exact) mass is 295 g/mol. The standard InChI is InChI=1S/C12H16F3NO2S/c1-9(2)3-4-10-5-7-11(8-6-10)16-19(17,18)12(13,14)15/h5-9,16H,3-4H2,1-2H3. The number of nitrogens with one attached hydrogen (secondary N) is 1. The molecule has 1 N–H and O–H groups in total. The first kappa shape index (κ1) is 15.8. The number of hydrogen-bond donors (Lipinski definition) is 1. The van der Waals surface area contributed by atoms with Gasteiger partial charge in [0.2, 0.25) is 0 Å². The van der Waals surface area contributed by atoms with E-state index >= 15 is 0 Å². The van der Waals surface area contributed by atoms with Crippen LogP contribution in [0, 0.1) is 5.92 Å². The van der Waals surface area contributed by atoms with Gasteiger partial charge in [0, 0.05) is 5.69 Å². The Kier molecular flexibility index (Phi) is 4.84. The van der Waals surface area contributed by atoms with E-state index in [0.29, 0.717) is 5.92 Å². The van der Waals surface area contributed by atoms with Gasteiger partial charge in [-0.2, -0.15) is 21.6 Å². The van der Waals surface area contributed by atoms with Crippen molar-refractivity contribution in [1.29, 1.82) is 0 Å². The number of rotatable bonds is 5. The molecule has 0 aliphatic carbocycles. The van der Waals surface area contributed by atoms with Crippen molar-refractivity contribution in [2.75, 3.05) is 4.72 Å². The highest BCUT2D eigenvalue weighted by molar-refractivity contribution is 7.93. The van der Waals surface area contributed by atoms with Crippen LogP contribution in [0.15, 0.2) is 24.3 Å². The SMILES string of the molecule is CC(C)CCc1ccc(NS(=O)(=O)C(F)(F)F)cc1. The maximum atomic E-state index is 12.2. The van der Waals surface area contributed by atoms with Gasteiger partial charge >= 0.3 is 15.5 Å². The molecule has 0 aliphatic rings. The summed E-state index contributed by atoms with van der Waals surface area (Å²) in [6, 6.07) is 5.91. The molecule has 0 unspecified atom stereocenters. The summed E-state index contributed by atoms with van der Waals surface area (Å²) in [6.07, 6.45) is 1.78. The molecular weight excluding hydrogens is 279 g/mol. The van der Waals surface area contributed by atoms with Crippen LogP contribution >= 0.6 is 0 Å². The largest absolute Gasteiger partial charge is 0.516 e. The van der Waals surface area contributed by atoms with E-state index in [1.54, 1.807) is 12.1 Å². The van der Waals surface area contributed by atoms with Gasteiger partial charge in [-0.25, -0.2) is 0 Å². The number of hydrogen-bond acceptors (Lipinski definition) is 2. The van der Waals surface area contributed by atoms with Gasteiger partial charge in [-0.3, -0.25) is 4.72 Å². The van der Waals surface area contributed by atoms with Crippen molar-refractivity contribution >= 4 is 15.7 Å². The van der Waals surface area contributed by atoms with Gasteiger partial charge in [-0.1, -0.05) is 26.0 Å². The third-order valence-electron chi connectivity index (χ3n) is 2.52. The van der Waals surface area contributed by atoms with Gasteiger partial charge in [-0.15, -0.1) is 0 Å². The maximum Gasteiger partial charge on any atom is 0.516 e. The molecule has 1 aromatic carbocycles. The summed E-state index contributed by atoms with van der Waals surface area (Å²) in [7, 11) is -5.34. The van der Waals surface area contributed by atoms with E-state index in [4.69, 9.17) is 0 Å². The molecular formula is C12H16F3NO2S. The zero-order valence-electron chi connectivity index (χ0n) is 10.7. The molecule has 0 saturated heterocycles. The summed E-state index contributed by atoms with van der Waals surface area (Å²) < 4.78 is 59.7. The smallest absolute Gasteiger partial charge is 0.276 e. The highest BCUT2D eigenvalue weighted by atomic mass is 32.2. The summed E-state index contributed by atoms with van der Waals surface area (Å²) in [6.45, 7) is 4.15. The van der Waals surface area contributed by atoms with Crippen LogP contribution in [0.3, 0.4) is 0 Å². The van der Waals surface area contributed by atoms with Crippen molar-refractivity contribution in [3.05, 3.63) is 29.8 Å². The molecule has 19 heavy (non-hydrogen) atoms. The molecule has 108 valence electrons. The van der Waals surface area contributed by atoms with E-state index in [9.17, 15) is 21.6 Å². The molecule has 1 aromatic rings. The molecule has 0 aliphatic heterocycles. The molecule has 7 heteroatoms. The Labute approximate surface area is 110 Å². The van der Waals surface area contributed by atoms with Crippen LogP contribution in [0.1, 0.15) is 25.8 Å². The third-order valence-corrected chi connectivity index (χ3v) is 3.64. The summed E-state index contributed by atoms with van der Waals surface area (Å²) >= 11 is 0. The Morgan fingerprint density at radius 3 is 2.11 bits per heavy atom. The van der Waals surface area contributed by atoms with Crippen LogP contribution in [0.2, 0.25) is 0 Å². The Bertz CT molecular complexity index is 507. The molecule has 0 radical (unpaired) electrons. The van der Waals surface area contributed by atoms with Crippen molar-refractivity contribution in [3.63, 3.8) is 0 Å². The zero-order chi connectivity index (χ0) is 14.7. The average Bonchev–Trinajstić information content (AvgIpc) is 2.26. The molecule has 0 heterocycles. The quantitative estimate of drug-likeness (QED) is 0.903. The molecule has 0 amide bonds. The van der Waals surface area contributed by atoms with Crippen molar-refractivity contribution in [2.24, 2.45) is 5.92 Å². The van der Waals surface area contributed by atoms with Gasteiger partial charge in [0.1, 0.15) is 0 Å². The number of sulfonamides is 1. The molecule has 0 saturated carbocycles. The molecule has 0 bridgehead atoms. The number of alkyl halides is 3. The molecule has 0 fully saturated rings. The van der Waals surface area contributed by atoms with E-state index in [1.165, 1.54) is 16.9 Å². The van der Waals surface area contributed by atoms with Crippen LogP contribution in [-0.4, -0.2) is 13.9 Å². The van der Waals surface area contributed by atoms with Crippen LogP contribution in [-0.2, 0) is 16.4 Å². The highest BCUT2D eigenvalue weighted by Gasteiger charge is 2.45. The fourth-order valence-electron chi connectivity index (χ4n) is 1.41. The number of anilines is 1. The second-order valence-corrected chi connectivity index (χ2v) is 6.35. The van der Waals surface area contributed by atoms with Crippen molar-refractivity contribution in [2.45, 2.75) is 32.2 Å². The fourth-order valence-corrected chi connectivity index (χ4v) is 1.97. The van der Waals surface area contributed by atoms with Crippen LogP contribution in [0.4, 0.5) is 18.9 Å². The predicted octanol–water partition coefficient (Wildman–Crippen LogP) is 3.54. The third kappa shape index (κ3) is 4.74. The minimum atomic E-state index is -5.34. The van der Waals surface area contributed by atoms with Crippen molar-refractivity contribution in [3.8, 4) is 0 Å². The van der Waals surface area contributed by atoms with Crippen LogP contribution in [0.25, 0.3) is 0 Å². The minimum Gasteiger partial charge on any atom is -0.276 e. The van der Waals surface area contributed by atoms with E-state index in [1.807, 2.05) is 0 Å². The number of halogens is 3. The van der Waals surface area contributed by atoms with Crippen molar-refractivity contribution in [1.82, 2.24) is 0 Å². The Morgan fingerprint density at radius 1 is 1.16 bits per heavy atom. The maximum absolute atomic E-state index is 12.2. The topological polar surface area (TPSA) is 46.2 Å². The first-order valence-electron chi connectivity index (χ1n) is 5.80. The highest BCUT2D eigenvalue weighted by Crippen LogP contribution is 2.25. The van der Waals surface area contributed by atoms with E-state index < -0.39 is 15.5 Å². The molecule has 0 spiro atoms. The van der Waals surface area contributed by atoms with Gasteiger partial charge in [0.25, 0.3) is 0 Å². The lowest BCUT2D eigenvalue weighted by atomic mass is 10.0. The van der Waals surface area contributed by atoms with Gasteiger partial charge in [0.05, 0.1) is 0 Å². The predicted molar refractivity (Wildman–Crippen MR) is 68.2 cm³/mol. The molecule has 1 rings (SSSR count). The summed E-state index contributed by atoms with van der Waals surface area (Å²) in [5, 5.41) is 0. The first-order valence-corrected chi connectivity index (χ1v) is 7.28. The Morgan fingerprint density at radius 2 is 1.68 bits per heavy atom. The Balaban J connectivity index is 2.73. The lowest BCUT2D eigenvalue weighted by Gasteiger charge is -2.11. The molecule has 3 nitrogen and oxygen atoms in total. The average molecular weight is 295 g/mol. The van der Waals surface area contributed by atoms with Crippen LogP contribution in [0.5, 0.6) is 0 Å². The lowest BCUT2D eigenvalue weighted by Crippen LogP contribution is -2.29. The fraction of sp³-hybridized carbons (Fsp3) is 0.500. The van der Waals surface area contributed by atoms with E-state index in [0.717, 1.165) is 18.4 Å². The summed E-state index contributed by atoms with van der Waals surface area (Å²) in [5.74, 6) is 0.531. The molecule has 0 aromatic heterocycles. The summed E-state index contributed by atoms with van der Waals surface area (Å²) in [5.41, 5.74) is -4.43. The summed E-state index contributed by atoms with van der Waals surface area (Å²) in [4.78, 5) is 0.